The molecular weight excluding hydrogens is 308 g/mol. The maximum Gasteiger partial charge on any atom is 0.274 e. The highest BCUT2D eigenvalue weighted by atomic mass is 32.1. The minimum absolute atomic E-state index is 0.110. The zero-order valence-electron chi connectivity index (χ0n) is 13.2. The first-order chi connectivity index (χ1) is 11.2. The molecule has 0 saturated carbocycles. The Morgan fingerprint density at radius 3 is 2.78 bits per heavy atom. The lowest BCUT2D eigenvalue weighted by Gasteiger charge is -2.16. The number of rotatable bonds is 5. The van der Waals surface area contributed by atoms with E-state index >= 15 is 0 Å². The maximum atomic E-state index is 12.7. The molecule has 3 aromatic rings. The van der Waals surface area contributed by atoms with Crippen LogP contribution in [0.3, 0.4) is 0 Å². The van der Waals surface area contributed by atoms with Crippen LogP contribution in [0.1, 0.15) is 30.3 Å². The van der Waals surface area contributed by atoms with E-state index in [0.29, 0.717) is 17.9 Å². The van der Waals surface area contributed by atoms with E-state index in [1.165, 1.54) is 11.3 Å². The average molecular weight is 326 g/mol. The summed E-state index contributed by atoms with van der Waals surface area (Å²) in [5.41, 5.74) is 1.84. The molecule has 1 aromatic carbocycles. The molecule has 23 heavy (non-hydrogen) atoms. The van der Waals surface area contributed by atoms with Gasteiger partial charge in [0.1, 0.15) is 10.7 Å². The Balaban J connectivity index is 1.98. The van der Waals surface area contributed by atoms with Gasteiger partial charge in [0.2, 0.25) is 0 Å². The van der Waals surface area contributed by atoms with Gasteiger partial charge in [-0.05, 0) is 18.6 Å². The standard InChI is InChI=1S/C17H18N4OS/c1-3-4-11-21(2)17(22)15-14(18-9-10-19-15)16-20-12-7-5-6-8-13(12)23-16/h5-10H,3-4,11H2,1-2H3. The summed E-state index contributed by atoms with van der Waals surface area (Å²) in [7, 11) is 1.80. The molecule has 6 heteroatoms. The third-order valence-corrected chi connectivity index (χ3v) is 4.63. The minimum atomic E-state index is -0.110. The van der Waals surface area contributed by atoms with Crippen molar-refractivity contribution in [1.29, 1.82) is 0 Å². The molecule has 0 N–H and O–H groups in total. The number of para-hydroxylation sites is 1. The van der Waals surface area contributed by atoms with Crippen LogP contribution in [-0.2, 0) is 0 Å². The molecule has 2 heterocycles. The number of carbonyl (C=O) groups excluding carboxylic acids is 1. The van der Waals surface area contributed by atoms with Crippen LogP contribution in [0.4, 0.5) is 0 Å². The van der Waals surface area contributed by atoms with Gasteiger partial charge in [0, 0.05) is 26.0 Å². The van der Waals surface area contributed by atoms with Crippen molar-refractivity contribution in [3.05, 3.63) is 42.4 Å². The maximum absolute atomic E-state index is 12.7. The summed E-state index contributed by atoms with van der Waals surface area (Å²) in [5, 5.41) is 0.728. The van der Waals surface area contributed by atoms with Crippen LogP contribution >= 0.6 is 11.3 Å². The van der Waals surface area contributed by atoms with E-state index in [0.717, 1.165) is 28.1 Å². The average Bonchev–Trinajstić information content (AvgIpc) is 3.03. The number of thiazole rings is 1. The largest absolute Gasteiger partial charge is 0.340 e. The fourth-order valence-electron chi connectivity index (χ4n) is 2.30. The van der Waals surface area contributed by atoms with Crippen LogP contribution in [0.15, 0.2) is 36.7 Å². The Hall–Kier alpha value is -2.34. The number of hydrogen-bond donors (Lipinski definition) is 0. The Bertz CT molecular complexity index is 797. The molecule has 0 aliphatic rings. The molecule has 0 spiro atoms. The summed E-state index contributed by atoms with van der Waals surface area (Å²) in [6, 6.07) is 7.90. The quantitative estimate of drug-likeness (QED) is 0.718. The van der Waals surface area contributed by atoms with Crippen molar-refractivity contribution < 1.29 is 4.79 Å². The highest BCUT2D eigenvalue weighted by molar-refractivity contribution is 7.21. The van der Waals surface area contributed by atoms with Gasteiger partial charge in [-0.15, -0.1) is 11.3 Å². The number of hydrogen-bond acceptors (Lipinski definition) is 5. The molecule has 0 radical (unpaired) electrons. The first-order valence-corrected chi connectivity index (χ1v) is 8.44. The van der Waals surface area contributed by atoms with Crippen molar-refractivity contribution in [3.8, 4) is 10.7 Å². The number of amides is 1. The van der Waals surface area contributed by atoms with Gasteiger partial charge in [0.25, 0.3) is 5.91 Å². The Morgan fingerprint density at radius 1 is 1.22 bits per heavy atom. The van der Waals surface area contributed by atoms with Gasteiger partial charge < -0.3 is 4.90 Å². The fraction of sp³-hybridized carbons (Fsp3) is 0.294. The van der Waals surface area contributed by atoms with Crippen molar-refractivity contribution in [2.24, 2.45) is 0 Å². The van der Waals surface area contributed by atoms with Crippen LogP contribution in [-0.4, -0.2) is 39.4 Å². The van der Waals surface area contributed by atoms with Crippen LogP contribution < -0.4 is 0 Å². The van der Waals surface area contributed by atoms with Gasteiger partial charge in [0.05, 0.1) is 10.2 Å². The topological polar surface area (TPSA) is 59.0 Å². The summed E-state index contributed by atoms with van der Waals surface area (Å²) in [5.74, 6) is -0.110. The molecule has 0 fully saturated rings. The first kappa shape index (κ1) is 15.6. The molecule has 3 rings (SSSR count). The highest BCUT2D eigenvalue weighted by Crippen LogP contribution is 2.30. The van der Waals surface area contributed by atoms with Gasteiger partial charge in [-0.1, -0.05) is 25.5 Å². The number of unbranched alkanes of at least 4 members (excludes halogenated alkanes) is 1. The molecule has 0 atom stereocenters. The van der Waals surface area contributed by atoms with Gasteiger partial charge in [-0.25, -0.2) is 15.0 Å². The second-order valence-corrected chi connectivity index (χ2v) is 6.35. The molecule has 0 unspecified atom stereocenters. The zero-order valence-corrected chi connectivity index (χ0v) is 14.0. The monoisotopic (exact) mass is 326 g/mol. The molecule has 1 amide bonds. The van der Waals surface area contributed by atoms with E-state index in [1.54, 1.807) is 24.3 Å². The van der Waals surface area contributed by atoms with Crippen molar-refractivity contribution in [2.75, 3.05) is 13.6 Å². The number of carbonyl (C=O) groups is 1. The third-order valence-electron chi connectivity index (χ3n) is 3.59. The Morgan fingerprint density at radius 2 is 2.00 bits per heavy atom. The SMILES string of the molecule is CCCCN(C)C(=O)c1nccnc1-c1nc2ccccc2s1. The van der Waals surface area contributed by atoms with Crippen molar-refractivity contribution in [1.82, 2.24) is 19.9 Å². The predicted molar refractivity (Wildman–Crippen MR) is 92.5 cm³/mol. The lowest BCUT2D eigenvalue weighted by Crippen LogP contribution is -2.29. The lowest BCUT2D eigenvalue weighted by atomic mass is 10.2. The number of nitrogens with zero attached hydrogens (tertiary/aromatic N) is 4. The number of aromatic nitrogens is 3. The van der Waals surface area contributed by atoms with Crippen LogP contribution in [0.25, 0.3) is 20.9 Å². The molecule has 0 aliphatic heterocycles. The second-order valence-electron chi connectivity index (χ2n) is 5.32. The van der Waals surface area contributed by atoms with Gasteiger partial charge in [0.15, 0.2) is 5.69 Å². The van der Waals surface area contributed by atoms with Crippen molar-refractivity contribution in [3.63, 3.8) is 0 Å². The van der Waals surface area contributed by atoms with Gasteiger partial charge in [-0.3, -0.25) is 4.79 Å². The van der Waals surface area contributed by atoms with E-state index in [9.17, 15) is 4.79 Å². The number of fused-ring (bicyclic) bond motifs is 1. The third kappa shape index (κ3) is 3.22. The molecule has 0 bridgehead atoms. The fourth-order valence-corrected chi connectivity index (χ4v) is 3.27. The molecule has 0 aliphatic carbocycles. The summed E-state index contributed by atoms with van der Waals surface area (Å²) in [6.45, 7) is 2.82. The summed E-state index contributed by atoms with van der Waals surface area (Å²) >= 11 is 1.53. The van der Waals surface area contributed by atoms with Crippen molar-refractivity contribution >= 4 is 27.5 Å². The predicted octanol–water partition coefficient (Wildman–Crippen LogP) is 3.63. The Labute approximate surface area is 139 Å². The Kier molecular flexibility index (Phi) is 4.62. The minimum Gasteiger partial charge on any atom is -0.340 e. The lowest BCUT2D eigenvalue weighted by molar-refractivity contribution is 0.0788. The van der Waals surface area contributed by atoms with Crippen molar-refractivity contribution in [2.45, 2.75) is 19.8 Å². The zero-order chi connectivity index (χ0) is 16.2. The van der Waals surface area contributed by atoms with E-state index in [4.69, 9.17) is 0 Å². The smallest absolute Gasteiger partial charge is 0.274 e. The van der Waals surface area contributed by atoms with E-state index in [2.05, 4.69) is 21.9 Å². The molecule has 5 nitrogen and oxygen atoms in total. The van der Waals surface area contributed by atoms with Gasteiger partial charge >= 0.3 is 0 Å². The molecule has 2 aromatic heterocycles. The van der Waals surface area contributed by atoms with E-state index in [-0.39, 0.29) is 5.91 Å². The highest BCUT2D eigenvalue weighted by Gasteiger charge is 2.21. The second kappa shape index (κ2) is 6.83. The molecule has 0 saturated heterocycles. The summed E-state index contributed by atoms with van der Waals surface area (Å²) < 4.78 is 1.07. The van der Waals surface area contributed by atoms with Crippen LogP contribution in [0.2, 0.25) is 0 Å². The summed E-state index contributed by atoms with van der Waals surface area (Å²) in [6.07, 6.45) is 5.17. The molecular formula is C17H18N4OS. The molecule has 118 valence electrons. The number of benzene rings is 1. The van der Waals surface area contributed by atoms with E-state index in [1.807, 2.05) is 24.3 Å². The summed E-state index contributed by atoms with van der Waals surface area (Å²) in [4.78, 5) is 27.6. The van der Waals surface area contributed by atoms with E-state index < -0.39 is 0 Å². The van der Waals surface area contributed by atoms with Gasteiger partial charge in [-0.2, -0.15) is 0 Å². The normalized spacial score (nSPS) is 10.9. The first-order valence-electron chi connectivity index (χ1n) is 7.63. The van der Waals surface area contributed by atoms with Crippen LogP contribution in [0.5, 0.6) is 0 Å². The van der Waals surface area contributed by atoms with Crippen LogP contribution in [0, 0.1) is 0 Å².